The number of methoxy groups -OCH3 is 1. The van der Waals surface area contributed by atoms with E-state index in [1.54, 1.807) is 12.1 Å². The molecule has 166 valence electrons. The molecule has 0 saturated carbocycles. The van der Waals surface area contributed by atoms with Crippen LogP contribution in [0.5, 0.6) is 5.75 Å². The molecule has 3 aromatic rings. The number of halogens is 1. The second-order valence-corrected chi connectivity index (χ2v) is 9.12. The Balaban J connectivity index is 1.55. The van der Waals surface area contributed by atoms with Crippen molar-refractivity contribution in [2.45, 2.75) is 18.8 Å². The molecule has 5 rings (SSSR count). The molecule has 0 bridgehead atoms. The number of hydrogen-bond donors (Lipinski definition) is 1. The Morgan fingerprint density at radius 1 is 1.12 bits per heavy atom. The lowest BCUT2D eigenvalue weighted by Gasteiger charge is -2.34. The Bertz CT molecular complexity index is 1390. The highest BCUT2D eigenvalue weighted by molar-refractivity contribution is 8.13. The fourth-order valence-electron chi connectivity index (χ4n) is 3.90. The van der Waals surface area contributed by atoms with Gasteiger partial charge in [-0.15, -0.1) is 5.10 Å². The number of nitrogens with one attached hydrogen (secondary N) is 1. The molecule has 0 fully saturated rings. The number of ether oxygens (including phenoxy) is 1. The molecule has 1 atom stereocenters. The third-order valence-corrected chi connectivity index (χ3v) is 6.71. The number of hydrazone groups is 1. The van der Waals surface area contributed by atoms with E-state index in [4.69, 9.17) is 26.4 Å². The van der Waals surface area contributed by atoms with Crippen LogP contribution in [-0.4, -0.2) is 23.2 Å². The Labute approximate surface area is 200 Å². The third-order valence-electron chi connectivity index (χ3n) is 5.52. The number of rotatable bonds is 4. The number of aryl methyl sites for hydroxylation is 1. The van der Waals surface area contributed by atoms with Crippen molar-refractivity contribution < 1.29 is 9.53 Å². The fraction of sp³-hybridized carbons (Fsp3) is 0.160. The van der Waals surface area contributed by atoms with Crippen molar-refractivity contribution in [3.63, 3.8) is 0 Å². The first-order valence-corrected chi connectivity index (χ1v) is 11.8. The lowest BCUT2D eigenvalue weighted by Crippen LogP contribution is -2.50. The van der Waals surface area contributed by atoms with Gasteiger partial charge in [-0.3, -0.25) is 15.1 Å². The highest BCUT2D eigenvalue weighted by Crippen LogP contribution is 2.33. The summed E-state index contributed by atoms with van der Waals surface area (Å²) in [6.45, 7) is 1.99. The number of thioether (sulfide) groups is 1. The van der Waals surface area contributed by atoms with Gasteiger partial charge in [0.05, 0.1) is 12.5 Å². The molecular weight excluding hydrogens is 456 g/mol. The summed E-state index contributed by atoms with van der Waals surface area (Å²) >= 11 is 7.45. The highest BCUT2D eigenvalue weighted by atomic mass is 35.5. The molecule has 0 aliphatic carbocycles. The molecule has 0 saturated heterocycles. The van der Waals surface area contributed by atoms with Crippen molar-refractivity contribution in [2.24, 2.45) is 10.1 Å². The van der Waals surface area contributed by atoms with Crippen LogP contribution in [0, 0.1) is 6.92 Å². The Morgan fingerprint density at radius 2 is 1.91 bits per heavy atom. The summed E-state index contributed by atoms with van der Waals surface area (Å²) in [4.78, 5) is 18.2. The molecular formula is C25H21ClN4O2S. The summed E-state index contributed by atoms with van der Waals surface area (Å²) in [5, 5.41) is 12.2. The number of fused-ring (bicyclic) bond motifs is 2. The number of para-hydroxylation sites is 1. The Hall–Kier alpha value is -3.29. The van der Waals surface area contributed by atoms with Crippen LogP contribution < -0.4 is 20.6 Å². The molecule has 8 heteroatoms. The van der Waals surface area contributed by atoms with Gasteiger partial charge in [0, 0.05) is 16.0 Å². The minimum absolute atomic E-state index is 0.193. The van der Waals surface area contributed by atoms with E-state index in [-0.39, 0.29) is 5.91 Å². The summed E-state index contributed by atoms with van der Waals surface area (Å²) in [5.74, 6) is 1.26. The maximum atomic E-state index is 13.2. The zero-order valence-electron chi connectivity index (χ0n) is 18.1. The van der Waals surface area contributed by atoms with Gasteiger partial charge in [0.1, 0.15) is 11.4 Å². The summed E-state index contributed by atoms with van der Waals surface area (Å²) < 4.78 is 5.41. The van der Waals surface area contributed by atoms with Crippen molar-refractivity contribution >= 4 is 40.1 Å². The topological polar surface area (TPSA) is 66.3 Å². The Morgan fingerprint density at radius 3 is 2.67 bits per heavy atom. The molecule has 0 spiro atoms. The predicted octanol–water partition coefficient (Wildman–Crippen LogP) is 3.73. The number of carbonyl (C=O) groups is 1. The molecule has 2 aliphatic heterocycles. The number of hydrogen-bond acceptors (Lipinski definition) is 6. The molecule has 2 heterocycles. The highest BCUT2D eigenvalue weighted by Gasteiger charge is 2.34. The predicted molar refractivity (Wildman–Crippen MR) is 131 cm³/mol. The zero-order valence-corrected chi connectivity index (χ0v) is 19.7. The van der Waals surface area contributed by atoms with Gasteiger partial charge in [-0.2, -0.15) is 0 Å². The zero-order chi connectivity index (χ0) is 22.9. The van der Waals surface area contributed by atoms with Crippen LogP contribution in [0.4, 0.5) is 0 Å². The first-order chi connectivity index (χ1) is 16.0. The number of carbonyl (C=O) groups excluding carboxylic acids is 1. The quantitative estimate of drug-likeness (QED) is 0.623. The van der Waals surface area contributed by atoms with Crippen LogP contribution in [0.15, 0.2) is 76.8 Å². The first-order valence-electron chi connectivity index (χ1n) is 10.4. The van der Waals surface area contributed by atoms with Crippen LogP contribution >= 0.6 is 23.4 Å². The summed E-state index contributed by atoms with van der Waals surface area (Å²) in [6, 6.07) is 21.2. The van der Waals surface area contributed by atoms with Crippen LogP contribution in [0.25, 0.3) is 5.70 Å². The van der Waals surface area contributed by atoms with Gasteiger partial charge in [0.25, 0.3) is 5.91 Å². The van der Waals surface area contributed by atoms with Gasteiger partial charge in [0.15, 0.2) is 11.3 Å². The lowest BCUT2D eigenvalue weighted by atomic mass is 10.1. The van der Waals surface area contributed by atoms with E-state index in [1.807, 2.05) is 73.7 Å². The molecule has 6 nitrogen and oxygen atoms in total. The maximum Gasteiger partial charge on any atom is 0.276 e. The average molecular weight is 477 g/mol. The second-order valence-electron chi connectivity index (χ2n) is 7.72. The first kappa shape index (κ1) is 21.6. The minimum atomic E-state index is -0.461. The normalized spacial score (nSPS) is 16.9. The van der Waals surface area contributed by atoms with Gasteiger partial charge >= 0.3 is 0 Å². The summed E-state index contributed by atoms with van der Waals surface area (Å²) in [6.07, 6.45) is -0.461. The fourth-order valence-corrected chi connectivity index (χ4v) is 4.84. The lowest BCUT2D eigenvalue weighted by molar-refractivity contribution is -0.116. The van der Waals surface area contributed by atoms with E-state index < -0.39 is 6.17 Å². The van der Waals surface area contributed by atoms with Crippen molar-refractivity contribution in [1.82, 2.24) is 10.3 Å². The molecule has 0 unspecified atom stereocenters. The molecule has 1 N–H and O–H groups in total. The smallest absolute Gasteiger partial charge is 0.276 e. The maximum absolute atomic E-state index is 13.2. The van der Waals surface area contributed by atoms with E-state index in [1.165, 1.54) is 11.8 Å². The van der Waals surface area contributed by atoms with Crippen molar-refractivity contribution in [3.05, 3.63) is 99.0 Å². The van der Waals surface area contributed by atoms with Gasteiger partial charge < -0.3 is 4.74 Å². The second kappa shape index (κ2) is 8.92. The number of amides is 1. The SMILES string of the molecule is COc1ccc([C@H]2N=c3ccccc3=C3C(=O)NC(SCc4ccc(Cl)cc4)=NN32)cc1C. The molecule has 2 aliphatic rings. The van der Waals surface area contributed by atoms with E-state index >= 15 is 0 Å². The minimum Gasteiger partial charge on any atom is -0.496 e. The van der Waals surface area contributed by atoms with E-state index in [2.05, 4.69) is 5.32 Å². The van der Waals surface area contributed by atoms with Crippen molar-refractivity contribution in [2.75, 3.05) is 7.11 Å². The van der Waals surface area contributed by atoms with Gasteiger partial charge in [-0.05, 0) is 53.9 Å². The van der Waals surface area contributed by atoms with E-state index in [0.717, 1.165) is 33.0 Å². The van der Waals surface area contributed by atoms with Crippen LogP contribution in [0.1, 0.15) is 22.9 Å². The number of nitrogens with zero attached hydrogens (tertiary/aromatic N) is 3. The number of amidine groups is 1. The summed E-state index contributed by atoms with van der Waals surface area (Å²) in [7, 11) is 1.65. The average Bonchev–Trinajstić information content (AvgIpc) is 2.83. The number of benzene rings is 3. The van der Waals surface area contributed by atoms with Crippen LogP contribution in [0.2, 0.25) is 5.02 Å². The standard InChI is InChI=1S/C25H21ClN4O2S/c1-15-13-17(9-12-21(15)32-2)23-27-20-6-4-3-5-19(20)22-24(31)28-25(29-30(22)23)33-14-16-7-10-18(26)11-8-16/h3-13,23H,14H2,1-2H3,(H,28,29,31)/t23-/m0/s1. The molecule has 33 heavy (non-hydrogen) atoms. The van der Waals surface area contributed by atoms with Crippen molar-refractivity contribution in [3.8, 4) is 5.75 Å². The molecule has 3 aromatic carbocycles. The van der Waals surface area contributed by atoms with Crippen LogP contribution in [-0.2, 0) is 10.5 Å². The van der Waals surface area contributed by atoms with Crippen molar-refractivity contribution in [1.29, 1.82) is 0 Å². The van der Waals surface area contributed by atoms with Gasteiger partial charge in [-0.25, -0.2) is 5.01 Å². The third kappa shape index (κ3) is 4.21. The molecule has 0 radical (unpaired) electrons. The van der Waals surface area contributed by atoms with Crippen LogP contribution in [0.3, 0.4) is 0 Å². The van der Waals surface area contributed by atoms with Gasteiger partial charge in [0.2, 0.25) is 0 Å². The van der Waals surface area contributed by atoms with E-state index in [9.17, 15) is 4.79 Å². The monoisotopic (exact) mass is 476 g/mol. The van der Waals surface area contributed by atoms with E-state index in [0.29, 0.717) is 21.6 Å². The van der Waals surface area contributed by atoms with Gasteiger partial charge in [-0.1, -0.05) is 59.8 Å². The molecule has 0 aromatic heterocycles. The largest absolute Gasteiger partial charge is 0.496 e. The Kier molecular flexibility index (Phi) is 5.83. The summed E-state index contributed by atoms with van der Waals surface area (Å²) in [5.41, 5.74) is 3.51. The molecule has 1 amide bonds.